The maximum Gasteiger partial charge on any atom is 0.417 e. The molecule has 160 valence electrons. The minimum atomic E-state index is -4.47. The normalized spacial score (nSPS) is 15.7. The molecule has 3 aromatic heterocycles. The van der Waals surface area contributed by atoms with Gasteiger partial charge in [0.2, 0.25) is 0 Å². The third-order valence-electron chi connectivity index (χ3n) is 4.94. The Hall–Kier alpha value is -2.37. The van der Waals surface area contributed by atoms with Crippen LogP contribution in [-0.4, -0.2) is 50.4 Å². The van der Waals surface area contributed by atoms with E-state index in [1.807, 2.05) is 18.0 Å². The summed E-state index contributed by atoms with van der Waals surface area (Å²) < 4.78 is 47.9. The molecule has 3 aromatic rings. The Morgan fingerprint density at radius 2 is 1.97 bits per heavy atom. The summed E-state index contributed by atoms with van der Waals surface area (Å²) in [6.07, 6.45) is -2.07. The lowest BCUT2D eigenvalue weighted by atomic mass is 10.2. The highest BCUT2D eigenvalue weighted by Gasteiger charge is 2.32. The molecule has 1 fully saturated rings. The van der Waals surface area contributed by atoms with E-state index < -0.39 is 11.7 Å². The van der Waals surface area contributed by atoms with Crippen LogP contribution in [0.4, 0.5) is 19.0 Å². The first-order valence-corrected chi connectivity index (χ1v) is 9.90. The Labute approximate surface area is 180 Å². The fourth-order valence-corrected chi connectivity index (χ4v) is 3.78. The smallest absolute Gasteiger partial charge is 0.417 e. The van der Waals surface area contributed by atoms with Crippen LogP contribution in [0.1, 0.15) is 5.56 Å². The summed E-state index contributed by atoms with van der Waals surface area (Å²) in [7, 11) is 1.83. The van der Waals surface area contributed by atoms with Gasteiger partial charge in [0.15, 0.2) is 16.4 Å². The fourth-order valence-electron chi connectivity index (χ4n) is 3.31. The van der Waals surface area contributed by atoms with Crippen molar-refractivity contribution in [1.29, 1.82) is 0 Å². The maximum absolute atomic E-state index is 12.8. The van der Waals surface area contributed by atoms with Gasteiger partial charge in [-0.2, -0.15) is 13.2 Å². The minimum Gasteiger partial charge on any atom is -0.461 e. The SMILES string of the molecule is Cn1c(-c2ccco2)nn(CN2CCN(c3ncc(C(F)(F)F)cc3Cl)CC2)c1=S. The molecule has 7 nitrogen and oxygen atoms in total. The van der Waals surface area contributed by atoms with E-state index in [1.165, 1.54) is 0 Å². The number of halogens is 4. The number of nitrogens with zero attached hydrogens (tertiary/aromatic N) is 6. The molecule has 0 radical (unpaired) electrons. The molecule has 0 aromatic carbocycles. The Morgan fingerprint density at radius 1 is 1.23 bits per heavy atom. The van der Waals surface area contributed by atoms with E-state index in [0.29, 0.717) is 55.0 Å². The van der Waals surface area contributed by atoms with Crippen LogP contribution in [0.15, 0.2) is 35.1 Å². The van der Waals surface area contributed by atoms with E-state index in [1.54, 1.807) is 21.6 Å². The van der Waals surface area contributed by atoms with Gasteiger partial charge in [0.05, 0.1) is 23.5 Å². The van der Waals surface area contributed by atoms with Gasteiger partial charge in [0, 0.05) is 39.4 Å². The summed E-state index contributed by atoms with van der Waals surface area (Å²) in [4.78, 5) is 7.98. The average molecular weight is 459 g/mol. The van der Waals surface area contributed by atoms with E-state index in [2.05, 4.69) is 15.0 Å². The second-order valence-electron chi connectivity index (χ2n) is 6.92. The lowest BCUT2D eigenvalue weighted by Gasteiger charge is -2.35. The van der Waals surface area contributed by atoms with Gasteiger partial charge >= 0.3 is 6.18 Å². The molecule has 0 atom stereocenters. The van der Waals surface area contributed by atoms with E-state index in [0.717, 1.165) is 12.3 Å². The third kappa shape index (κ3) is 4.09. The Morgan fingerprint density at radius 3 is 2.57 bits per heavy atom. The second kappa shape index (κ2) is 8.05. The topological polar surface area (TPSA) is 55.3 Å². The van der Waals surface area contributed by atoms with E-state index in [-0.39, 0.29) is 5.02 Å². The molecular weight excluding hydrogens is 441 g/mol. The Kier molecular flexibility index (Phi) is 5.60. The molecule has 4 rings (SSSR count). The lowest BCUT2D eigenvalue weighted by Crippen LogP contribution is -2.47. The lowest BCUT2D eigenvalue weighted by molar-refractivity contribution is -0.137. The third-order valence-corrected chi connectivity index (χ3v) is 5.70. The van der Waals surface area contributed by atoms with Gasteiger partial charge in [-0.15, -0.1) is 5.10 Å². The van der Waals surface area contributed by atoms with Crippen LogP contribution in [0.3, 0.4) is 0 Å². The van der Waals surface area contributed by atoms with Crippen molar-refractivity contribution in [2.75, 3.05) is 31.1 Å². The van der Waals surface area contributed by atoms with Crippen LogP contribution in [-0.2, 0) is 19.9 Å². The Balaban J connectivity index is 1.42. The monoisotopic (exact) mass is 458 g/mol. The van der Waals surface area contributed by atoms with Gasteiger partial charge in [-0.25, -0.2) is 9.67 Å². The van der Waals surface area contributed by atoms with Crippen LogP contribution >= 0.6 is 23.8 Å². The first-order valence-electron chi connectivity index (χ1n) is 9.12. The number of alkyl halides is 3. The van der Waals surface area contributed by atoms with Gasteiger partial charge in [-0.05, 0) is 30.4 Å². The molecule has 30 heavy (non-hydrogen) atoms. The van der Waals surface area contributed by atoms with Crippen LogP contribution in [0.25, 0.3) is 11.6 Å². The average Bonchev–Trinajstić information content (AvgIpc) is 3.32. The van der Waals surface area contributed by atoms with Gasteiger partial charge < -0.3 is 13.9 Å². The summed E-state index contributed by atoms with van der Waals surface area (Å²) in [5.41, 5.74) is -0.855. The molecule has 0 N–H and O–H groups in total. The fraction of sp³-hybridized carbons (Fsp3) is 0.389. The van der Waals surface area contributed by atoms with Crippen molar-refractivity contribution >= 4 is 29.6 Å². The highest BCUT2D eigenvalue weighted by Crippen LogP contribution is 2.33. The van der Waals surface area contributed by atoms with Gasteiger partial charge in [0.1, 0.15) is 5.82 Å². The van der Waals surface area contributed by atoms with Gasteiger partial charge in [-0.3, -0.25) is 4.90 Å². The molecule has 4 heterocycles. The van der Waals surface area contributed by atoms with E-state index in [4.69, 9.17) is 28.2 Å². The molecule has 1 saturated heterocycles. The highest BCUT2D eigenvalue weighted by atomic mass is 35.5. The van der Waals surface area contributed by atoms with Crippen molar-refractivity contribution in [1.82, 2.24) is 24.2 Å². The van der Waals surface area contributed by atoms with Crippen LogP contribution < -0.4 is 4.90 Å². The highest BCUT2D eigenvalue weighted by molar-refractivity contribution is 7.71. The molecule has 0 bridgehead atoms. The van der Waals surface area contributed by atoms with Crippen LogP contribution in [0.5, 0.6) is 0 Å². The zero-order chi connectivity index (χ0) is 21.5. The Bertz CT molecular complexity index is 1090. The molecule has 0 unspecified atom stereocenters. The summed E-state index contributed by atoms with van der Waals surface area (Å²) >= 11 is 11.5. The predicted molar refractivity (Wildman–Crippen MR) is 108 cm³/mol. The molecule has 0 aliphatic carbocycles. The van der Waals surface area contributed by atoms with Gasteiger partial charge in [0.25, 0.3) is 0 Å². The predicted octanol–water partition coefficient (Wildman–Crippen LogP) is 4.06. The van der Waals surface area contributed by atoms with Crippen LogP contribution in [0, 0.1) is 4.77 Å². The van der Waals surface area contributed by atoms with E-state index >= 15 is 0 Å². The molecular formula is C18H18ClF3N6OS. The van der Waals surface area contributed by atoms with Crippen molar-refractivity contribution in [2.24, 2.45) is 7.05 Å². The quantitative estimate of drug-likeness (QED) is 0.550. The minimum absolute atomic E-state index is 0.00619. The van der Waals surface area contributed by atoms with Gasteiger partial charge in [-0.1, -0.05) is 11.6 Å². The summed E-state index contributed by atoms with van der Waals surface area (Å²) in [6, 6.07) is 4.53. The zero-order valence-electron chi connectivity index (χ0n) is 15.9. The molecule has 0 spiro atoms. The zero-order valence-corrected chi connectivity index (χ0v) is 17.5. The van der Waals surface area contributed by atoms with Crippen molar-refractivity contribution in [3.8, 4) is 11.6 Å². The number of pyridine rings is 1. The van der Waals surface area contributed by atoms with Crippen LogP contribution in [0.2, 0.25) is 5.02 Å². The first-order chi connectivity index (χ1) is 14.2. The summed E-state index contributed by atoms with van der Waals surface area (Å²) in [5.74, 6) is 1.64. The number of piperazine rings is 1. The number of hydrogen-bond acceptors (Lipinski definition) is 6. The first kappa shape index (κ1) is 20.9. The maximum atomic E-state index is 12.8. The van der Waals surface area contributed by atoms with E-state index in [9.17, 15) is 13.2 Å². The summed E-state index contributed by atoms with van der Waals surface area (Å²) in [5, 5.41) is 4.55. The van der Waals surface area contributed by atoms with Crippen molar-refractivity contribution < 1.29 is 17.6 Å². The number of rotatable bonds is 4. The number of hydrogen-bond donors (Lipinski definition) is 0. The summed E-state index contributed by atoms with van der Waals surface area (Å²) in [6.45, 7) is 2.96. The van der Waals surface area contributed by atoms with Crippen molar-refractivity contribution in [2.45, 2.75) is 12.8 Å². The molecule has 12 heteroatoms. The second-order valence-corrected chi connectivity index (χ2v) is 7.69. The molecule has 0 amide bonds. The number of aromatic nitrogens is 4. The number of anilines is 1. The molecule has 0 saturated carbocycles. The molecule has 1 aliphatic heterocycles. The number of furan rings is 1. The van der Waals surface area contributed by atoms with Crippen molar-refractivity contribution in [3.05, 3.63) is 46.0 Å². The van der Waals surface area contributed by atoms with Crippen molar-refractivity contribution in [3.63, 3.8) is 0 Å². The molecule has 1 aliphatic rings. The standard InChI is InChI=1S/C18H18ClF3N6OS/c1-25-16(14-3-2-8-29-14)24-28(17(25)30)11-26-4-6-27(7-5-26)15-13(19)9-12(10-23-15)18(20,21)22/h2-3,8-10H,4-7,11H2,1H3. The largest absolute Gasteiger partial charge is 0.461 e.